The van der Waals surface area contributed by atoms with Crippen molar-refractivity contribution in [2.45, 2.75) is 6.92 Å². The fraction of sp³-hybridized carbons (Fsp3) is 0.273. The van der Waals surface area contributed by atoms with E-state index in [0.717, 1.165) is 12.1 Å². The molecular weight excluding hydrogens is 192 g/mol. The summed E-state index contributed by atoms with van der Waals surface area (Å²) >= 11 is 0. The zero-order valence-electron chi connectivity index (χ0n) is 8.86. The molecular formula is C11H14N2O2. The first kappa shape index (κ1) is 11.2. The highest BCUT2D eigenvalue weighted by molar-refractivity contribution is 5.94. The van der Waals surface area contributed by atoms with Gasteiger partial charge in [-0.3, -0.25) is 9.59 Å². The minimum atomic E-state index is -0.0993. The van der Waals surface area contributed by atoms with Crippen LogP contribution in [0.5, 0.6) is 0 Å². The maximum Gasteiger partial charge on any atom is 0.251 e. The summed E-state index contributed by atoms with van der Waals surface area (Å²) in [7, 11) is 1.66. The zero-order valence-corrected chi connectivity index (χ0v) is 8.86. The van der Waals surface area contributed by atoms with Crippen LogP contribution in [0, 0.1) is 0 Å². The van der Waals surface area contributed by atoms with Crippen molar-refractivity contribution in [1.82, 2.24) is 5.32 Å². The Labute approximate surface area is 88.9 Å². The highest BCUT2D eigenvalue weighted by atomic mass is 16.1. The van der Waals surface area contributed by atoms with Crippen LogP contribution in [-0.4, -0.2) is 25.9 Å². The van der Waals surface area contributed by atoms with Gasteiger partial charge in [0.05, 0.1) is 0 Å². The van der Waals surface area contributed by atoms with E-state index in [0.29, 0.717) is 12.1 Å². The van der Waals surface area contributed by atoms with Crippen molar-refractivity contribution in [1.29, 1.82) is 0 Å². The Morgan fingerprint density at radius 1 is 1.40 bits per heavy atom. The van der Waals surface area contributed by atoms with Crippen molar-refractivity contribution in [2.75, 3.05) is 18.5 Å². The summed E-state index contributed by atoms with van der Waals surface area (Å²) in [6.45, 7) is 2.47. The molecule has 1 aromatic rings. The largest absolute Gasteiger partial charge is 0.352 e. The molecule has 0 atom stereocenters. The molecule has 0 aromatic heterocycles. The van der Waals surface area contributed by atoms with E-state index in [2.05, 4.69) is 5.32 Å². The van der Waals surface area contributed by atoms with E-state index < -0.39 is 0 Å². The lowest BCUT2D eigenvalue weighted by Gasteiger charge is -2.10. The third-order valence-electron chi connectivity index (χ3n) is 2.03. The lowest BCUT2D eigenvalue weighted by molar-refractivity contribution is -0.107. The molecule has 4 heteroatoms. The van der Waals surface area contributed by atoms with Crippen LogP contribution >= 0.6 is 0 Å². The fourth-order valence-corrected chi connectivity index (χ4v) is 1.17. The first-order chi connectivity index (χ1) is 7.19. The highest BCUT2D eigenvalue weighted by Crippen LogP contribution is 2.12. The molecule has 0 fully saturated rings. The molecule has 80 valence electrons. The maximum atomic E-state index is 11.4. The van der Waals surface area contributed by atoms with E-state index in [1.165, 1.54) is 4.90 Å². The van der Waals surface area contributed by atoms with Crippen LogP contribution in [0.4, 0.5) is 5.69 Å². The van der Waals surface area contributed by atoms with Crippen LogP contribution < -0.4 is 10.2 Å². The molecule has 15 heavy (non-hydrogen) atoms. The number of nitrogens with zero attached hydrogens (tertiary/aromatic N) is 1. The van der Waals surface area contributed by atoms with E-state index >= 15 is 0 Å². The first-order valence-electron chi connectivity index (χ1n) is 4.75. The van der Waals surface area contributed by atoms with Crippen molar-refractivity contribution in [3.8, 4) is 0 Å². The van der Waals surface area contributed by atoms with E-state index in [1.807, 2.05) is 6.92 Å². The second kappa shape index (κ2) is 5.14. The van der Waals surface area contributed by atoms with Gasteiger partial charge in [0.1, 0.15) is 0 Å². The zero-order chi connectivity index (χ0) is 11.3. The maximum absolute atomic E-state index is 11.4. The molecule has 0 spiro atoms. The third-order valence-corrected chi connectivity index (χ3v) is 2.03. The molecule has 0 aliphatic rings. The van der Waals surface area contributed by atoms with Crippen LogP contribution in [0.15, 0.2) is 24.3 Å². The van der Waals surface area contributed by atoms with Crippen molar-refractivity contribution >= 4 is 18.0 Å². The summed E-state index contributed by atoms with van der Waals surface area (Å²) in [6, 6.07) is 6.86. The van der Waals surface area contributed by atoms with Crippen molar-refractivity contribution < 1.29 is 9.59 Å². The predicted molar refractivity (Wildman–Crippen MR) is 58.9 cm³/mol. The lowest BCUT2D eigenvalue weighted by atomic mass is 10.2. The van der Waals surface area contributed by atoms with Gasteiger partial charge in [0.2, 0.25) is 6.41 Å². The van der Waals surface area contributed by atoms with Crippen molar-refractivity contribution in [3.05, 3.63) is 29.8 Å². The van der Waals surface area contributed by atoms with Crippen LogP contribution in [0.1, 0.15) is 17.3 Å². The van der Waals surface area contributed by atoms with Crippen molar-refractivity contribution in [3.63, 3.8) is 0 Å². The molecule has 1 N–H and O–H groups in total. The minimum Gasteiger partial charge on any atom is -0.352 e. The topological polar surface area (TPSA) is 49.4 Å². The van der Waals surface area contributed by atoms with Gasteiger partial charge in [-0.05, 0) is 31.2 Å². The first-order valence-corrected chi connectivity index (χ1v) is 4.75. The van der Waals surface area contributed by atoms with Gasteiger partial charge < -0.3 is 10.2 Å². The van der Waals surface area contributed by atoms with E-state index in [9.17, 15) is 9.59 Å². The van der Waals surface area contributed by atoms with Gasteiger partial charge in [-0.25, -0.2) is 0 Å². The number of benzene rings is 1. The molecule has 0 heterocycles. The summed E-state index contributed by atoms with van der Waals surface area (Å²) in [4.78, 5) is 23.3. The van der Waals surface area contributed by atoms with Gasteiger partial charge in [-0.1, -0.05) is 0 Å². The Bertz CT molecular complexity index is 346. The molecule has 0 bridgehead atoms. The molecule has 1 rings (SSSR count). The fourth-order valence-electron chi connectivity index (χ4n) is 1.17. The molecule has 0 aliphatic heterocycles. The van der Waals surface area contributed by atoms with E-state index in [4.69, 9.17) is 0 Å². The molecule has 0 unspecified atom stereocenters. The van der Waals surface area contributed by atoms with Crippen LogP contribution in [0.3, 0.4) is 0 Å². The summed E-state index contributed by atoms with van der Waals surface area (Å²) in [5.74, 6) is -0.0993. The minimum absolute atomic E-state index is 0.0993. The number of hydrogen-bond donors (Lipinski definition) is 1. The number of anilines is 1. The van der Waals surface area contributed by atoms with Gasteiger partial charge in [0.25, 0.3) is 5.91 Å². The SMILES string of the molecule is CCNC(=O)c1ccc(N(C)C=O)cc1. The second-order valence-electron chi connectivity index (χ2n) is 3.12. The number of amides is 2. The van der Waals surface area contributed by atoms with Crippen LogP contribution in [0.25, 0.3) is 0 Å². The van der Waals surface area contributed by atoms with Crippen LogP contribution in [-0.2, 0) is 4.79 Å². The lowest BCUT2D eigenvalue weighted by Crippen LogP contribution is -2.22. The van der Waals surface area contributed by atoms with Gasteiger partial charge in [0, 0.05) is 24.8 Å². The summed E-state index contributed by atoms with van der Waals surface area (Å²) in [5, 5.41) is 2.70. The normalized spacial score (nSPS) is 9.47. The second-order valence-corrected chi connectivity index (χ2v) is 3.12. The summed E-state index contributed by atoms with van der Waals surface area (Å²) in [5.41, 5.74) is 1.36. The Balaban J connectivity index is 2.80. The Kier molecular flexibility index (Phi) is 3.85. The standard InChI is InChI=1S/C11H14N2O2/c1-3-12-11(15)9-4-6-10(7-5-9)13(2)8-14/h4-8H,3H2,1-2H3,(H,12,15). The van der Waals surface area contributed by atoms with Gasteiger partial charge in [-0.2, -0.15) is 0 Å². The molecule has 4 nitrogen and oxygen atoms in total. The third kappa shape index (κ3) is 2.80. The number of hydrogen-bond acceptors (Lipinski definition) is 2. The average molecular weight is 206 g/mol. The van der Waals surface area contributed by atoms with E-state index in [-0.39, 0.29) is 5.91 Å². The van der Waals surface area contributed by atoms with Crippen molar-refractivity contribution in [2.24, 2.45) is 0 Å². The van der Waals surface area contributed by atoms with Gasteiger partial charge >= 0.3 is 0 Å². The number of rotatable bonds is 4. The molecule has 1 aromatic carbocycles. The number of carbonyl (C=O) groups is 2. The average Bonchev–Trinajstić information content (AvgIpc) is 2.28. The van der Waals surface area contributed by atoms with Gasteiger partial charge in [0.15, 0.2) is 0 Å². The predicted octanol–water partition coefficient (Wildman–Crippen LogP) is 1.03. The summed E-state index contributed by atoms with van der Waals surface area (Å²) in [6.07, 6.45) is 0.723. The number of carbonyl (C=O) groups excluding carboxylic acids is 2. The highest BCUT2D eigenvalue weighted by Gasteiger charge is 2.04. The molecule has 0 saturated carbocycles. The molecule has 0 saturated heterocycles. The summed E-state index contributed by atoms with van der Waals surface area (Å²) < 4.78 is 0. The Hall–Kier alpha value is -1.84. The molecule has 0 aliphatic carbocycles. The van der Waals surface area contributed by atoms with Crippen LogP contribution in [0.2, 0.25) is 0 Å². The van der Waals surface area contributed by atoms with Gasteiger partial charge in [-0.15, -0.1) is 0 Å². The smallest absolute Gasteiger partial charge is 0.251 e. The molecule has 2 amide bonds. The monoisotopic (exact) mass is 206 g/mol. The molecule has 0 radical (unpaired) electrons. The Morgan fingerprint density at radius 3 is 2.47 bits per heavy atom. The quantitative estimate of drug-likeness (QED) is 0.748. The van der Waals surface area contributed by atoms with E-state index in [1.54, 1.807) is 31.3 Å². The number of nitrogens with one attached hydrogen (secondary N) is 1. The Morgan fingerprint density at radius 2 is 2.00 bits per heavy atom.